The molecule has 1 amide bonds. The van der Waals surface area contributed by atoms with Crippen molar-refractivity contribution < 1.29 is 14.1 Å². The molecular formula is C17H24N4O3. The Morgan fingerprint density at radius 2 is 2.25 bits per heavy atom. The number of carbonyl (C=O) groups is 1. The van der Waals surface area contributed by atoms with E-state index < -0.39 is 17.1 Å². The van der Waals surface area contributed by atoms with Crippen molar-refractivity contribution in [2.24, 2.45) is 5.92 Å². The molecule has 0 bridgehead atoms. The third-order valence-corrected chi connectivity index (χ3v) is 4.40. The molecule has 1 aliphatic heterocycles. The molecule has 0 N–H and O–H groups in total. The maximum absolute atomic E-state index is 12.3. The Bertz CT molecular complexity index is 654. The monoisotopic (exact) mass is 332 g/mol. The molecule has 7 nitrogen and oxygen atoms in total. The highest BCUT2D eigenvalue weighted by atomic mass is 16.6. The number of nitrogens with zero attached hydrogens (tertiary/aromatic N) is 4. The van der Waals surface area contributed by atoms with Crippen LogP contribution in [-0.4, -0.2) is 39.8 Å². The van der Waals surface area contributed by atoms with Crippen molar-refractivity contribution in [2.45, 2.75) is 63.9 Å². The molecule has 0 spiro atoms. The predicted molar refractivity (Wildman–Crippen MR) is 85.1 cm³/mol. The standard InChI is InChI=1S/C17H24N4O3/c1-16(2,3)23-15(22)21-8-4-7-17(10-18,11-21)14-19-13(20-24-14)9-12-5-6-12/h12H,4-9,11H2,1-3H3. The summed E-state index contributed by atoms with van der Waals surface area (Å²) in [7, 11) is 0. The van der Waals surface area contributed by atoms with E-state index in [-0.39, 0.29) is 6.54 Å². The third-order valence-electron chi connectivity index (χ3n) is 4.40. The van der Waals surface area contributed by atoms with Gasteiger partial charge in [-0.1, -0.05) is 5.16 Å². The van der Waals surface area contributed by atoms with Gasteiger partial charge in [0.15, 0.2) is 11.2 Å². The van der Waals surface area contributed by atoms with E-state index in [2.05, 4.69) is 16.2 Å². The van der Waals surface area contributed by atoms with Crippen molar-refractivity contribution in [2.75, 3.05) is 13.1 Å². The largest absolute Gasteiger partial charge is 0.444 e. The van der Waals surface area contributed by atoms with Crippen LogP contribution in [0.15, 0.2) is 4.52 Å². The van der Waals surface area contributed by atoms with Crippen LogP contribution in [0.3, 0.4) is 0 Å². The highest BCUT2D eigenvalue weighted by Gasteiger charge is 2.45. The van der Waals surface area contributed by atoms with E-state index in [1.807, 2.05) is 20.8 Å². The fourth-order valence-corrected chi connectivity index (χ4v) is 2.96. The van der Waals surface area contributed by atoms with Crippen LogP contribution in [0, 0.1) is 17.2 Å². The van der Waals surface area contributed by atoms with Crippen molar-refractivity contribution >= 4 is 6.09 Å². The SMILES string of the molecule is CC(C)(C)OC(=O)N1CCCC(C#N)(c2nc(CC3CC3)no2)C1. The quantitative estimate of drug-likeness (QED) is 0.845. The molecule has 2 fully saturated rings. The zero-order valence-electron chi connectivity index (χ0n) is 14.5. The molecule has 0 aromatic carbocycles. The van der Waals surface area contributed by atoms with E-state index in [0.717, 1.165) is 6.42 Å². The number of rotatable bonds is 3. The number of amides is 1. The summed E-state index contributed by atoms with van der Waals surface area (Å²) in [4.78, 5) is 18.4. The molecule has 1 saturated heterocycles. The predicted octanol–water partition coefficient (Wildman–Crippen LogP) is 2.81. The number of likely N-dealkylation sites (tertiary alicyclic amines) is 1. The first kappa shape index (κ1) is 16.7. The number of ether oxygens (including phenoxy) is 1. The third kappa shape index (κ3) is 3.69. The fraction of sp³-hybridized carbons (Fsp3) is 0.765. The Morgan fingerprint density at radius 3 is 2.88 bits per heavy atom. The Labute approximate surface area is 142 Å². The summed E-state index contributed by atoms with van der Waals surface area (Å²) in [5, 5.41) is 13.8. The minimum absolute atomic E-state index is 0.226. The zero-order valence-corrected chi connectivity index (χ0v) is 14.5. The van der Waals surface area contributed by atoms with Gasteiger partial charge in [-0.2, -0.15) is 10.2 Å². The summed E-state index contributed by atoms with van der Waals surface area (Å²) in [5.74, 6) is 1.64. The second-order valence-electron chi connectivity index (χ2n) is 7.86. The van der Waals surface area contributed by atoms with Crippen LogP contribution in [0.5, 0.6) is 0 Å². The van der Waals surface area contributed by atoms with E-state index in [4.69, 9.17) is 9.26 Å². The summed E-state index contributed by atoms with van der Waals surface area (Å²) >= 11 is 0. The lowest BCUT2D eigenvalue weighted by molar-refractivity contribution is 0.0151. The van der Waals surface area contributed by atoms with Gasteiger partial charge in [0.25, 0.3) is 0 Å². The number of aromatic nitrogens is 2. The molecule has 2 aliphatic rings. The molecule has 3 rings (SSSR count). The van der Waals surface area contributed by atoms with Gasteiger partial charge in [0.1, 0.15) is 5.60 Å². The normalized spacial score (nSPS) is 24.5. The maximum atomic E-state index is 12.3. The molecule has 0 radical (unpaired) electrons. The van der Waals surface area contributed by atoms with E-state index in [0.29, 0.717) is 37.0 Å². The van der Waals surface area contributed by atoms with Gasteiger partial charge in [0.2, 0.25) is 5.89 Å². The molecular weight excluding hydrogens is 308 g/mol. The van der Waals surface area contributed by atoms with Gasteiger partial charge < -0.3 is 14.2 Å². The summed E-state index contributed by atoms with van der Waals surface area (Å²) in [6, 6.07) is 2.32. The van der Waals surface area contributed by atoms with Crippen molar-refractivity contribution in [3.63, 3.8) is 0 Å². The minimum atomic E-state index is -0.941. The van der Waals surface area contributed by atoms with Gasteiger partial charge in [-0.05, 0) is 52.4 Å². The van der Waals surface area contributed by atoms with Gasteiger partial charge in [0, 0.05) is 13.0 Å². The maximum Gasteiger partial charge on any atom is 0.410 e. The lowest BCUT2D eigenvalue weighted by Gasteiger charge is -2.36. The molecule has 130 valence electrons. The molecule has 1 unspecified atom stereocenters. The van der Waals surface area contributed by atoms with Gasteiger partial charge in [0.05, 0.1) is 12.6 Å². The molecule has 1 atom stereocenters. The Morgan fingerprint density at radius 1 is 1.50 bits per heavy atom. The average Bonchev–Trinajstić information content (AvgIpc) is 3.20. The van der Waals surface area contributed by atoms with Crippen molar-refractivity contribution in [3.05, 3.63) is 11.7 Å². The second kappa shape index (κ2) is 6.08. The molecule has 7 heteroatoms. The van der Waals surface area contributed by atoms with E-state index in [1.165, 1.54) is 12.8 Å². The lowest BCUT2D eigenvalue weighted by Crippen LogP contribution is -2.49. The van der Waals surface area contributed by atoms with Crippen LogP contribution in [0.25, 0.3) is 0 Å². The Balaban J connectivity index is 1.75. The van der Waals surface area contributed by atoms with Gasteiger partial charge in [-0.25, -0.2) is 4.79 Å². The number of piperidine rings is 1. The highest BCUT2D eigenvalue weighted by molar-refractivity contribution is 5.68. The molecule has 1 aromatic heterocycles. The summed E-state index contributed by atoms with van der Waals surface area (Å²) in [5.41, 5.74) is -1.50. The van der Waals surface area contributed by atoms with Gasteiger partial charge in [-0.3, -0.25) is 0 Å². The Kier molecular flexibility index (Phi) is 4.24. The van der Waals surface area contributed by atoms with E-state index in [1.54, 1.807) is 4.90 Å². The number of carbonyl (C=O) groups excluding carboxylic acids is 1. The van der Waals surface area contributed by atoms with Crippen molar-refractivity contribution in [1.29, 1.82) is 5.26 Å². The van der Waals surface area contributed by atoms with Gasteiger partial charge >= 0.3 is 6.09 Å². The van der Waals surface area contributed by atoms with E-state index >= 15 is 0 Å². The molecule has 1 saturated carbocycles. The molecule has 1 aliphatic carbocycles. The fourth-order valence-electron chi connectivity index (χ4n) is 2.96. The second-order valence-corrected chi connectivity index (χ2v) is 7.86. The van der Waals surface area contributed by atoms with E-state index in [9.17, 15) is 10.1 Å². The van der Waals surface area contributed by atoms with Gasteiger partial charge in [-0.15, -0.1) is 0 Å². The van der Waals surface area contributed by atoms with Crippen molar-refractivity contribution in [3.8, 4) is 6.07 Å². The first-order valence-electron chi connectivity index (χ1n) is 8.53. The first-order valence-corrected chi connectivity index (χ1v) is 8.53. The topological polar surface area (TPSA) is 92.2 Å². The van der Waals surface area contributed by atoms with Crippen LogP contribution in [0.2, 0.25) is 0 Å². The van der Waals surface area contributed by atoms with Crippen LogP contribution in [0.4, 0.5) is 4.79 Å². The van der Waals surface area contributed by atoms with Crippen LogP contribution in [0.1, 0.15) is 58.2 Å². The highest BCUT2D eigenvalue weighted by Crippen LogP contribution is 2.35. The summed E-state index contributed by atoms with van der Waals surface area (Å²) in [6.07, 6.45) is 4.13. The number of hydrogen-bond donors (Lipinski definition) is 0. The van der Waals surface area contributed by atoms with Crippen LogP contribution in [-0.2, 0) is 16.6 Å². The number of nitriles is 1. The average molecular weight is 332 g/mol. The van der Waals surface area contributed by atoms with Crippen LogP contribution < -0.4 is 0 Å². The zero-order chi connectivity index (χ0) is 17.4. The van der Waals surface area contributed by atoms with Crippen LogP contribution >= 0.6 is 0 Å². The molecule has 24 heavy (non-hydrogen) atoms. The molecule has 1 aromatic rings. The summed E-state index contributed by atoms with van der Waals surface area (Å²) in [6.45, 7) is 6.28. The molecule has 2 heterocycles. The minimum Gasteiger partial charge on any atom is -0.444 e. The summed E-state index contributed by atoms with van der Waals surface area (Å²) < 4.78 is 10.8. The number of hydrogen-bond acceptors (Lipinski definition) is 6. The first-order chi connectivity index (χ1) is 11.3. The Hall–Kier alpha value is -2.10. The van der Waals surface area contributed by atoms with Crippen molar-refractivity contribution in [1.82, 2.24) is 15.0 Å². The lowest BCUT2D eigenvalue weighted by atomic mass is 9.81. The smallest absolute Gasteiger partial charge is 0.410 e.